The summed E-state index contributed by atoms with van der Waals surface area (Å²) in [6.45, 7) is 1.83. The van der Waals surface area contributed by atoms with Gasteiger partial charge in [0.05, 0.1) is 17.4 Å². The first kappa shape index (κ1) is 18.4. The van der Waals surface area contributed by atoms with E-state index in [1.807, 2.05) is 13.0 Å². The molecule has 134 valence electrons. The maximum Gasteiger partial charge on any atom is 0.234 e. The number of aromatic nitrogens is 2. The topological polar surface area (TPSA) is 99.0 Å². The second-order valence-electron chi connectivity index (χ2n) is 5.73. The van der Waals surface area contributed by atoms with Crippen molar-refractivity contribution in [3.05, 3.63) is 29.8 Å². The van der Waals surface area contributed by atoms with Crippen molar-refractivity contribution in [3.8, 4) is 6.07 Å². The number of nitriles is 1. The van der Waals surface area contributed by atoms with Gasteiger partial charge in [0.25, 0.3) is 0 Å². The van der Waals surface area contributed by atoms with Gasteiger partial charge in [-0.25, -0.2) is 0 Å². The lowest BCUT2D eigenvalue weighted by Gasteiger charge is -2.17. The summed E-state index contributed by atoms with van der Waals surface area (Å²) in [7, 11) is 0. The molecule has 9 heteroatoms. The third-order valence-corrected chi connectivity index (χ3v) is 5.74. The van der Waals surface area contributed by atoms with Crippen molar-refractivity contribution in [3.63, 3.8) is 0 Å². The minimum absolute atomic E-state index is 0.0512. The van der Waals surface area contributed by atoms with Crippen molar-refractivity contribution in [2.45, 2.75) is 36.6 Å². The van der Waals surface area contributed by atoms with Crippen LogP contribution in [0.25, 0.3) is 0 Å². The average molecular weight is 387 g/mol. The lowest BCUT2D eigenvalue weighted by Crippen LogP contribution is -2.32. The SMILES string of the molecule is CCC(=O)N(c1nnc(SCC(=O)Nc2cccc(C#N)c2)s1)C1CC1. The first-order valence-electron chi connectivity index (χ1n) is 8.19. The van der Waals surface area contributed by atoms with Gasteiger partial charge in [-0.3, -0.25) is 14.5 Å². The highest BCUT2D eigenvalue weighted by Crippen LogP contribution is 2.36. The molecule has 0 unspecified atom stereocenters. The molecule has 1 fully saturated rings. The zero-order valence-corrected chi connectivity index (χ0v) is 15.8. The summed E-state index contributed by atoms with van der Waals surface area (Å²) >= 11 is 2.61. The number of nitrogens with one attached hydrogen (secondary N) is 1. The van der Waals surface area contributed by atoms with Gasteiger partial charge >= 0.3 is 0 Å². The van der Waals surface area contributed by atoms with E-state index >= 15 is 0 Å². The average Bonchev–Trinajstić information content (AvgIpc) is 3.37. The van der Waals surface area contributed by atoms with Gasteiger partial charge in [-0.2, -0.15) is 5.26 Å². The van der Waals surface area contributed by atoms with Gasteiger partial charge in [-0.1, -0.05) is 36.1 Å². The van der Waals surface area contributed by atoms with Gasteiger partial charge in [0.1, 0.15) is 0 Å². The second kappa shape index (κ2) is 8.29. The Morgan fingerprint density at radius 3 is 2.92 bits per heavy atom. The lowest BCUT2D eigenvalue weighted by molar-refractivity contribution is -0.118. The molecule has 0 aliphatic heterocycles. The zero-order chi connectivity index (χ0) is 18.5. The van der Waals surface area contributed by atoms with Gasteiger partial charge in [0, 0.05) is 18.2 Å². The predicted octanol–water partition coefficient (Wildman–Crippen LogP) is 3.05. The normalized spacial score (nSPS) is 13.1. The van der Waals surface area contributed by atoms with E-state index in [0.29, 0.717) is 27.1 Å². The monoisotopic (exact) mass is 387 g/mol. The van der Waals surface area contributed by atoms with E-state index in [1.165, 1.54) is 23.1 Å². The minimum Gasteiger partial charge on any atom is -0.325 e. The van der Waals surface area contributed by atoms with E-state index in [4.69, 9.17) is 5.26 Å². The molecule has 0 bridgehead atoms. The Balaban J connectivity index is 1.56. The molecule has 1 aromatic heterocycles. The largest absolute Gasteiger partial charge is 0.325 e. The number of hydrogen-bond donors (Lipinski definition) is 1. The van der Waals surface area contributed by atoms with Crippen LogP contribution in [-0.2, 0) is 9.59 Å². The highest BCUT2D eigenvalue weighted by molar-refractivity contribution is 8.01. The fourth-order valence-corrected chi connectivity index (χ4v) is 4.05. The Bertz CT molecular complexity index is 857. The number of carbonyl (C=O) groups is 2. The molecule has 1 aliphatic carbocycles. The Morgan fingerprint density at radius 2 is 2.23 bits per heavy atom. The molecule has 7 nitrogen and oxygen atoms in total. The molecule has 1 N–H and O–H groups in total. The van der Waals surface area contributed by atoms with Crippen LogP contribution in [0.15, 0.2) is 28.6 Å². The van der Waals surface area contributed by atoms with Gasteiger partial charge in [0.2, 0.25) is 16.9 Å². The number of carbonyl (C=O) groups excluding carboxylic acids is 2. The molecular weight excluding hydrogens is 370 g/mol. The smallest absolute Gasteiger partial charge is 0.234 e. The molecule has 3 rings (SSSR count). The fraction of sp³-hybridized carbons (Fsp3) is 0.353. The van der Waals surface area contributed by atoms with Crippen molar-refractivity contribution in [1.29, 1.82) is 5.26 Å². The molecule has 1 aliphatic rings. The zero-order valence-electron chi connectivity index (χ0n) is 14.1. The Kier molecular flexibility index (Phi) is 5.85. The van der Waals surface area contributed by atoms with E-state index in [1.54, 1.807) is 29.2 Å². The summed E-state index contributed by atoms with van der Waals surface area (Å²) < 4.78 is 0.649. The van der Waals surface area contributed by atoms with Crippen LogP contribution in [0, 0.1) is 11.3 Å². The minimum atomic E-state index is -0.189. The van der Waals surface area contributed by atoms with Crippen LogP contribution >= 0.6 is 23.1 Å². The number of thioether (sulfide) groups is 1. The first-order chi connectivity index (χ1) is 12.6. The summed E-state index contributed by atoms with van der Waals surface area (Å²) in [5.41, 5.74) is 1.08. The van der Waals surface area contributed by atoms with E-state index in [9.17, 15) is 9.59 Å². The highest BCUT2D eigenvalue weighted by atomic mass is 32.2. The molecule has 0 spiro atoms. The maximum absolute atomic E-state index is 12.1. The van der Waals surface area contributed by atoms with Crippen molar-refractivity contribution >= 4 is 45.7 Å². The number of nitrogens with zero attached hydrogens (tertiary/aromatic N) is 4. The fourth-order valence-electron chi connectivity index (χ4n) is 2.32. The molecular formula is C17H17N5O2S2. The number of rotatable bonds is 7. The van der Waals surface area contributed by atoms with Crippen molar-refractivity contribution in [2.24, 2.45) is 0 Å². The number of benzene rings is 1. The van der Waals surface area contributed by atoms with Crippen molar-refractivity contribution in [1.82, 2.24) is 10.2 Å². The maximum atomic E-state index is 12.1. The van der Waals surface area contributed by atoms with Crippen LogP contribution in [0.4, 0.5) is 10.8 Å². The molecule has 0 radical (unpaired) electrons. The number of anilines is 2. The molecule has 1 heterocycles. The van der Waals surface area contributed by atoms with E-state index < -0.39 is 0 Å². The molecule has 2 aromatic rings. The van der Waals surface area contributed by atoms with Gasteiger partial charge in [0.15, 0.2) is 4.34 Å². The summed E-state index contributed by atoms with van der Waals surface area (Å²) in [4.78, 5) is 25.9. The van der Waals surface area contributed by atoms with Crippen LogP contribution in [0.1, 0.15) is 31.7 Å². The highest BCUT2D eigenvalue weighted by Gasteiger charge is 2.35. The third-order valence-electron chi connectivity index (χ3n) is 3.69. The molecule has 1 saturated carbocycles. The van der Waals surface area contributed by atoms with E-state index in [-0.39, 0.29) is 23.6 Å². The second-order valence-corrected chi connectivity index (χ2v) is 7.91. The molecule has 0 atom stereocenters. The molecule has 2 amide bonds. The van der Waals surface area contributed by atoms with Crippen LogP contribution in [0.2, 0.25) is 0 Å². The van der Waals surface area contributed by atoms with Gasteiger partial charge in [-0.05, 0) is 31.0 Å². The lowest BCUT2D eigenvalue weighted by atomic mass is 10.2. The standard InChI is InChI=1S/C17H17N5O2S2/c1-2-15(24)22(13-6-7-13)16-20-21-17(26-16)25-10-14(23)19-12-5-3-4-11(8-12)9-18/h3-5,8,13H,2,6-7,10H2,1H3,(H,19,23). The first-order valence-corrected chi connectivity index (χ1v) is 9.99. The van der Waals surface area contributed by atoms with Gasteiger partial charge in [-0.15, -0.1) is 10.2 Å². The molecule has 26 heavy (non-hydrogen) atoms. The number of amides is 2. The summed E-state index contributed by atoms with van der Waals surface area (Å²) in [6.07, 6.45) is 2.43. The Morgan fingerprint density at radius 1 is 1.42 bits per heavy atom. The summed E-state index contributed by atoms with van der Waals surface area (Å²) in [6, 6.07) is 9.02. The van der Waals surface area contributed by atoms with Crippen LogP contribution in [-0.4, -0.2) is 33.8 Å². The van der Waals surface area contributed by atoms with Gasteiger partial charge < -0.3 is 5.32 Å². The van der Waals surface area contributed by atoms with Crippen LogP contribution < -0.4 is 10.2 Å². The van der Waals surface area contributed by atoms with E-state index in [0.717, 1.165) is 12.8 Å². The predicted molar refractivity (Wildman–Crippen MR) is 101 cm³/mol. The quantitative estimate of drug-likeness (QED) is 0.579. The van der Waals surface area contributed by atoms with Crippen molar-refractivity contribution in [2.75, 3.05) is 16.0 Å². The van der Waals surface area contributed by atoms with Crippen LogP contribution in [0.3, 0.4) is 0 Å². The Labute approximate surface area is 159 Å². The van der Waals surface area contributed by atoms with Crippen LogP contribution in [0.5, 0.6) is 0 Å². The third kappa shape index (κ3) is 4.59. The molecule has 1 aromatic carbocycles. The molecule has 0 saturated heterocycles. The Hall–Kier alpha value is -2.44. The summed E-state index contributed by atoms with van der Waals surface area (Å²) in [5.74, 6) is 0.0390. The van der Waals surface area contributed by atoms with E-state index in [2.05, 4.69) is 15.5 Å². The van der Waals surface area contributed by atoms with Crippen molar-refractivity contribution < 1.29 is 9.59 Å². The summed E-state index contributed by atoms with van der Waals surface area (Å²) in [5, 5.41) is 20.4. The number of hydrogen-bond acceptors (Lipinski definition) is 7.